The van der Waals surface area contributed by atoms with Crippen LogP contribution in [0.25, 0.3) is 0 Å². The quantitative estimate of drug-likeness (QED) is 0.740. The molecule has 3 fully saturated rings. The van der Waals surface area contributed by atoms with Crippen molar-refractivity contribution in [2.24, 2.45) is 23.7 Å². The van der Waals surface area contributed by atoms with Gasteiger partial charge in [-0.15, -0.1) is 0 Å². The summed E-state index contributed by atoms with van der Waals surface area (Å²) in [6.45, 7) is 0. The van der Waals surface area contributed by atoms with Gasteiger partial charge in [0.25, 0.3) is 0 Å². The number of fused-ring (bicyclic) bond motifs is 3. The molecule has 15 heavy (non-hydrogen) atoms. The van der Waals surface area contributed by atoms with Crippen LogP contribution in [0.3, 0.4) is 0 Å². The maximum atomic E-state index is 12.7. The van der Waals surface area contributed by atoms with Crippen molar-refractivity contribution in [3.63, 3.8) is 0 Å². The molecule has 2 nitrogen and oxygen atoms in total. The SMILES string of the molecule is O=C(O)[C@H]1C2CCC(CC2)[C@H]1C(F)(F)F. The number of alkyl halides is 3. The van der Waals surface area contributed by atoms with Gasteiger partial charge in [0.2, 0.25) is 0 Å². The summed E-state index contributed by atoms with van der Waals surface area (Å²) in [4.78, 5) is 10.9. The van der Waals surface area contributed by atoms with Crippen LogP contribution in [-0.2, 0) is 4.79 Å². The summed E-state index contributed by atoms with van der Waals surface area (Å²) in [7, 11) is 0. The second-order valence-electron chi connectivity index (χ2n) is 4.61. The van der Waals surface area contributed by atoms with Crippen LogP contribution in [0.5, 0.6) is 0 Å². The maximum absolute atomic E-state index is 12.7. The summed E-state index contributed by atoms with van der Waals surface area (Å²) >= 11 is 0. The third-order valence-corrected chi connectivity index (χ3v) is 3.88. The van der Waals surface area contributed by atoms with Crippen molar-refractivity contribution in [1.29, 1.82) is 0 Å². The highest BCUT2D eigenvalue weighted by molar-refractivity contribution is 5.71. The molecule has 0 unspecified atom stereocenters. The molecule has 2 bridgehead atoms. The topological polar surface area (TPSA) is 37.3 Å². The van der Waals surface area contributed by atoms with Crippen LogP contribution in [0, 0.1) is 23.7 Å². The van der Waals surface area contributed by atoms with Crippen LogP contribution >= 0.6 is 0 Å². The lowest BCUT2D eigenvalue weighted by atomic mass is 9.58. The van der Waals surface area contributed by atoms with Gasteiger partial charge in [0.05, 0.1) is 11.8 Å². The Labute approximate surface area is 85.5 Å². The molecule has 0 aromatic carbocycles. The Morgan fingerprint density at radius 1 is 1.07 bits per heavy atom. The Hall–Kier alpha value is -0.740. The number of hydrogen-bond donors (Lipinski definition) is 1. The van der Waals surface area contributed by atoms with E-state index >= 15 is 0 Å². The summed E-state index contributed by atoms with van der Waals surface area (Å²) in [5, 5.41) is 8.89. The molecule has 0 saturated heterocycles. The molecule has 3 rings (SSSR count). The molecule has 86 valence electrons. The highest BCUT2D eigenvalue weighted by atomic mass is 19.4. The first-order valence-corrected chi connectivity index (χ1v) is 5.21. The molecule has 0 spiro atoms. The normalized spacial score (nSPS) is 40.5. The first-order valence-electron chi connectivity index (χ1n) is 5.21. The van der Waals surface area contributed by atoms with E-state index in [0.29, 0.717) is 25.7 Å². The first kappa shape index (κ1) is 10.8. The molecule has 0 amide bonds. The van der Waals surface area contributed by atoms with E-state index in [1.807, 2.05) is 0 Å². The fraction of sp³-hybridized carbons (Fsp3) is 0.900. The lowest BCUT2D eigenvalue weighted by molar-refractivity contribution is -0.233. The van der Waals surface area contributed by atoms with Crippen molar-refractivity contribution in [3.8, 4) is 0 Å². The zero-order chi connectivity index (χ0) is 11.2. The summed E-state index contributed by atoms with van der Waals surface area (Å²) in [5.41, 5.74) is 0. The van der Waals surface area contributed by atoms with Gasteiger partial charge in [-0.05, 0) is 37.5 Å². The summed E-state index contributed by atoms with van der Waals surface area (Å²) in [6, 6.07) is 0. The third-order valence-electron chi connectivity index (χ3n) is 3.88. The van der Waals surface area contributed by atoms with E-state index in [1.54, 1.807) is 0 Å². The van der Waals surface area contributed by atoms with Crippen LogP contribution < -0.4 is 0 Å². The largest absolute Gasteiger partial charge is 0.481 e. The van der Waals surface area contributed by atoms with Crippen molar-refractivity contribution in [3.05, 3.63) is 0 Å². The Morgan fingerprint density at radius 3 is 1.87 bits per heavy atom. The molecule has 1 N–H and O–H groups in total. The van der Waals surface area contributed by atoms with Gasteiger partial charge < -0.3 is 5.11 Å². The smallest absolute Gasteiger partial charge is 0.392 e. The van der Waals surface area contributed by atoms with Gasteiger partial charge in [0, 0.05) is 0 Å². The van der Waals surface area contributed by atoms with E-state index in [2.05, 4.69) is 0 Å². The van der Waals surface area contributed by atoms with E-state index in [0.717, 1.165) is 0 Å². The van der Waals surface area contributed by atoms with E-state index in [-0.39, 0.29) is 5.92 Å². The molecule has 0 aromatic heterocycles. The van der Waals surface area contributed by atoms with Gasteiger partial charge in [-0.3, -0.25) is 4.79 Å². The molecule has 0 aliphatic heterocycles. The van der Waals surface area contributed by atoms with Crippen molar-refractivity contribution in [2.75, 3.05) is 0 Å². The van der Waals surface area contributed by atoms with E-state index in [9.17, 15) is 18.0 Å². The Kier molecular flexibility index (Phi) is 2.43. The third kappa shape index (κ3) is 1.72. The number of rotatable bonds is 1. The molecular weight excluding hydrogens is 209 g/mol. The number of halogens is 3. The summed E-state index contributed by atoms with van der Waals surface area (Å²) in [5.74, 6) is -4.80. The average molecular weight is 222 g/mol. The number of carboxylic acids is 1. The molecule has 0 aromatic rings. The Balaban J connectivity index is 2.29. The number of carboxylic acid groups (broad SMARTS) is 1. The van der Waals surface area contributed by atoms with Gasteiger partial charge in [-0.2, -0.15) is 13.2 Å². The lowest BCUT2D eigenvalue weighted by Gasteiger charge is -2.47. The van der Waals surface area contributed by atoms with E-state index < -0.39 is 29.9 Å². The molecule has 0 radical (unpaired) electrons. The molecule has 0 heterocycles. The first-order chi connectivity index (χ1) is 6.91. The highest BCUT2D eigenvalue weighted by Crippen LogP contribution is 2.54. The van der Waals surface area contributed by atoms with Gasteiger partial charge in [-0.25, -0.2) is 0 Å². The van der Waals surface area contributed by atoms with Gasteiger partial charge >= 0.3 is 12.1 Å². The standard InChI is InChI=1S/C10H13F3O2/c11-10(12,13)8-6-3-1-5(2-4-6)7(8)9(14)15/h5-8H,1-4H2,(H,14,15)/t5?,6?,7-,8+/m0/s1. The van der Waals surface area contributed by atoms with Crippen molar-refractivity contribution < 1.29 is 23.1 Å². The number of carbonyl (C=O) groups is 1. The van der Waals surface area contributed by atoms with Crippen LogP contribution in [0.1, 0.15) is 25.7 Å². The van der Waals surface area contributed by atoms with Crippen LogP contribution in [0.15, 0.2) is 0 Å². The van der Waals surface area contributed by atoms with E-state index in [1.165, 1.54) is 0 Å². The maximum Gasteiger partial charge on any atom is 0.392 e. The molecule has 3 saturated carbocycles. The zero-order valence-corrected chi connectivity index (χ0v) is 8.13. The monoisotopic (exact) mass is 222 g/mol. The molecule has 3 aliphatic carbocycles. The number of aliphatic carboxylic acids is 1. The van der Waals surface area contributed by atoms with Gasteiger partial charge in [0.15, 0.2) is 0 Å². The van der Waals surface area contributed by atoms with Crippen molar-refractivity contribution in [1.82, 2.24) is 0 Å². The molecule has 2 atom stereocenters. The molecule has 5 heteroatoms. The van der Waals surface area contributed by atoms with Crippen molar-refractivity contribution in [2.45, 2.75) is 31.9 Å². The summed E-state index contributed by atoms with van der Waals surface area (Å²) in [6.07, 6.45) is -1.98. The zero-order valence-electron chi connectivity index (χ0n) is 8.13. The molecular formula is C10H13F3O2. The predicted molar refractivity (Wildman–Crippen MR) is 46.1 cm³/mol. The predicted octanol–water partition coefficient (Wildman–Crippen LogP) is 2.69. The second kappa shape index (κ2) is 3.39. The fourth-order valence-corrected chi connectivity index (χ4v) is 3.28. The number of hydrogen-bond acceptors (Lipinski definition) is 1. The highest BCUT2D eigenvalue weighted by Gasteiger charge is 2.58. The second-order valence-corrected chi connectivity index (χ2v) is 4.61. The Bertz CT molecular complexity index is 266. The molecule has 3 aliphatic rings. The van der Waals surface area contributed by atoms with Gasteiger partial charge in [-0.1, -0.05) is 0 Å². The minimum atomic E-state index is -4.35. The van der Waals surface area contributed by atoms with Crippen LogP contribution in [0.4, 0.5) is 13.2 Å². The average Bonchev–Trinajstić information content (AvgIpc) is 2.16. The lowest BCUT2D eigenvalue weighted by Crippen LogP contribution is -2.50. The van der Waals surface area contributed by atoms with Crippen LogP contribution in [-0.4, -0.2) is 17.3 Å². The summed E-state index contributed by atoms with van der Waals surface area (Å²) < 4.78 is 38.2. The minimum Gasteiger partial charge on any atom is -0.481 e. The van der Waals surface area contributed by atoms with Crippen LogP contribution in [0.2, 0.25) is 0 Å². The van der Waals surface area contributed by atoms with E-state index in [4.69, 9.17) is 5.11 Å². The minimum absolute atomic E-state index is 0.265. The Morgan fingerprint density at radius 2 is 1.53 bits per heavy atom. The van der Waals surface area contributed by atoms with Gasteiger partial charge in [0.1, 0.15) is 0 Å². The fourth-order valence-electron chi connectivity index (χ4n) is 3.28. The van der Waals surface area contributed by atoms with Crippen molar-refractivity contribution >= 4 is 5.97 Å².